The molecule has 0 aliphatic carbocycles. The lowest BCUT2D eigenvalue weighted by molar-refractivity contribution is -0.142. The van der Waals surface area contributed by atoms with Crippen LogP contribution in [0.15, 0.2) is 30.3 Å². The second-order valence-electron chi connectivity index (χ2n) is 7.63. The Morgan fingerprint density at radius 2 is 1.81 bits per heavy atom. The zero-order valence-corrected chi connectivity index (χ0v) is 15.8. The van der Waals surface area contributed by atoms with Crippen LogP contribution in [0.4, 0.5) is 0 Å². The van der Waals surface area contributed by atoms with Crippen molar-refractivity contribution in [3.63, 3.8) is 0 Å². The molecule has 0 bridgehead atoms. The highest BCUT2D eigenvalue weighted by Gasteiger charge is 2.42. The van der Waals surface area contributed by atoms with E-state index >= 15 is 0 Å². The maximum absolute atomic E-state index is 13.1. The van der Waals surface area contributed by atoms with Crippen LogP contribution in [-0.4, -0.2) is 58.9 Å². The second-order valence-corrected chi connectivity index (χ2v) is 7.63. The number of aliphatic carboxylic acids is 1. The van der Waals surface area contributed by atoms with Gasteiger partial charge in [-0.1, -0.05) is 37.3 Å². The van der Waals surface area contributed by atoms with Crippen molar-refractivity contribution < 1.29 is 19.5 Å². The number of hydrogen-bond acceptors (Lipinski definition) is 3. The summed E-state index contributed by atoms with van der Waals surface area (Å²) in [5.41, 5.74) is 0.962. The lowest BCUT2D eigenvalue weighted by Gasteiger charge is -2.34. The topological polar surface area (TPSA) is 77.9 Å². The van der Waals surface area contributed by atoms with Crippen molar-refractivity contribution >= 4 is 17.8 Å². The summed E-state index contributed by atoms with van der Waals surface area (Å²) >= 11 is 0. The number of carbonyl (C=O) groups excluding carboxylic acids is 2. The van der Waals surface area contributed by atoms with Crippen molar-refractivity contribution in [1.82, 2.24) is 9.80 Å². The SMILES string of the molecule is CCCC(=O)N1CCCC(C(=O)N2C[C@H](C(=O)O)[C@H](c3ccccc3)C2)C1. The molecule has 0 spiro atoms. The molecule has 6 nitrogen and oxygen atoms in total. The van der Waals surface area contributed by atoms with E-state index in [4.69, 9.17) is 0 Å². The fourth-order valence-electron chi connectivity index (χ4n) is 4.31. The number of rotatable bonds is 5. The van der Waals surface area contributed by atoms with Crippen molar-refractivity contribution in [1.29, 1.82) is 0 Å². The third-order valence-corrected chi connectivity index (χ3v) is 5.76. The van der Waals surface area contributed by atoms with Gasteiger partial charge in [0.1, 0.15) is 0 Å². The summed E-state index contributed by atoms with van der Waals surface area (Å²) in [4.78, 5) is 40.5. The summed E-state index contributed by atoms with van der Waals surface area (Å²) < 4.78 is 0. The van der Waals surface area contributed by atoms with Gasteiger partial charge in [0, 0.05) is 38.5 Å². The average Bonchev–Trinajstić information content (AvgIpc) is 3.14. The number of carboxylic acids is 1. The molecular weight excluding hydrogens is 344 g/mol. The van der Waals surface area contributed by atoms with Gasteiger partial charge in [-0.15, -0.1) is 0 Å². The van der Waals surface area contributed by atoms with E-state index < -0.39 is 11.9 Å². The molecule has 27 heavy (non-hydrogen) atoms. The van der Waals surface area contributed by atoms with Crippen LogP contribution in [0.3, 0.4) is 0 Å². The first kappa shape index (κ1) is 19.4. The number of nitrogens with zero attached hydrogens (tertiary/aromatic N) is 2. The van der Waals surface area contributed by atoms with E-state index in [0.717, 1.165) is 24.8 Å². The fraction of sp³-hybridized carbons (Fsp3) is 0.571. The summed E-state index contributed by atoms with van der Waals surface area (Å²) in [5, 5.41) is 9.64. The van der Waals surface area contributed by atoms with Crippen LogP contribution in [0.2, 0.25) is 0 Å². The van der Waals surface area contributed by atoms with E-state index in [1.54, 1.807) is 9.80 Å². The maximum atomic E-state index is 13.1. The van der Waals surface area contributed by atoms with E-state index in [1.807, 2.05) is 37.3 Å². The number of hydrogen-bond donors (Lipinski definition) is 1. The molecular formula is C21H28N2O4. The van der Waals surface area contributed by atoms with E-state index in [1.165, 1.54) is 0 Å². The summed E-state index contributed by atoms with van der Waals surface area (Å²) in [6.07, 6.45) is 2.91. The summed E-state index contributed by atoms with van der Waals surface area (Å²) in [5.74, 6) is -1.74. The molecule has 1 aromatic rings. The van der Waals surface area contributed by atoms with Gasteiger partial charge in [0.2, 0.25) is 11.8 Å². The standard InChI is InChI=1S/C21H28N2O4/c1-2-7-19(24)22-11-6-10-16(12-22)20(25)23-13-17(18(14-23)21(26)27)15-8-4-3-5-9-15/h3-5,8-9,16-18H,2,6-7,10-14H2,1H3,(H,26,27)/t16?,17-,18-/m0/s1. The lowest BCUT2D eigenvalue weighted by Crippen LogP contribution is -2.46. The van der Waals surface area contributed by atoms with Crippen LogP contribution in [0.1, 0.15) is 44.1 Å². The van der Waals surface area contributed by atoms with Crippen LogP contribution in [0.5, 0.6) is 0 Å². The Labute approximate surface area is 160 Å². The summed E-state index contributed by atoms with van der Waals surface area (Å²) in [7, 11) is 0. The molecule has 3 rings (SSSR count). The first-order valence-electron chi connectivity index (χ1n) is 9.85. The number of carbonyl (C=O) groups is 3. The van der Waals surface area contributed by atoms with E-state index in [2.05, 4.69) is 0 Å². The Hall–Kier alpha value is -2.37. The summed E-state index contributed by atoms with van der Waals surface area (Å²) in [6.45, 7) is 3.83. The highest BCUT2D eigenvalue weighted by Crippen LogP contribution is 2.34. The number of likely N-dealkylation sites (tertiary alicyclic amines) is 2. The van der Waals surface area contributed by atoms with Gasteiger partial charge in [-0.05, 0) is 24.8 Å². The van der Waals surface area contributed by atoms with E-state index in [9.17, 15) is 19.5 Å². The first-order valence-corrected chi connectivity index (χ1v) is 9.85. The number of piperidine rings is 1. The van der Waals surface area contributed by atoms with Gasteiger partial charge in [-0.25, -0.2) is 0 Å². The summed E-state index contributed by atoms with van der Waals surface area (Å²) in [6, 6.07) is 9.57. The monoisotopic (exact) mass is 372 g/mol. The molecule has 3 atom stereocenters. The minimum atomic E-state index is -0.859. The van der Waals surface area contributed by atoms with Crippen molar-refractivity contribution in [3.05, 3.63) is 35.9 Å². The minimum absolute atomic E-state index is 0.00585. The molecule has 0 radical (unpaired) electrons. The molecule has 6 heteroatoms. The molecule has 1 aromatic carbocycles. The number of benzene rings is 1. The molecule has 2 aliphatic rings. The molecule has 1 N–H and O–H groups in total. The predicted molar refractivity (Wildman–Crippen MR) is 101 cm³/mol. The lowest BCUT2D eigenvalue weighted by atomic mass is 9.89. The van der Waals surface area contributed by atoms with Crippen molar-refractivity contribution in [2.24, 2.45) is 11.8 Å². The van der Waals surface area contributed by atoms with Gasteiger partial charge >= 0.3 is 5.97 Å². The Balaban J connectivity index is 1.69. The highest BCUT2D eigenvalue weighted by atomic mass is 16.4. The van der Waals surface area contributed by atoms with Crippen LogP contribution < -0.4 is 0 Å². The molecule has 2 aliphatic heterocycles. The van der Waals surface area contributed by atoms with Gasteiger partial charge in [0.05, 0.1) is 11.8 Å². The first-order chi connectivity index (χ1) is 13.0. The highest BCUT2D eigenvalue weighted by molar-refractivity contribution is 5.83. The smallest absolute Gasteiger partial charge is 0.308 e. The molecule has 146 valence electrons. The Kier molecular flexibility index (Phi) is 6.14. The third kappa shape index (κ3) is 4.31. The molecule has 2 heterocycles. The zero-order chi connectivity index (χ0) is 19.4. The van der Waals surface area contributed by atoms with Gasteiger partial charge in [0.25, 0.3) is 0 Å². The number of amides is 2. The second kappa shape index (κ2) is 8.55. The predicted octanol–water partition coefficient (Wildman–Crippen LogP) is 2.35. The van der Waals surface area contributed by atoms with Crippen molar-refractivity contribution in [3.8, 4) is 0 Å². The maximum Gasteiger partial charge on any atom is 0.308 e. The van der Waals surface area contributed by atoms with Crippen LogP contribution in [0, 0.1) is 11.8 Å². The third-order valence-electron chi connectivity index (χ3n) is 5.76. The molecule has 2 fully saturated rings. The Morgan fingerprint density at radius 3 is 2.48 bits per heavy atom. The van der Waals surface area contributed by atoms with Crippen molar-refractivity contribution in [2.75, 3.05) is 26.2 Å². The van der Waals surface area contributed by atoms with E-state index in [-0.39, 0.29) is 30.2 Å². The quantitative estimate of drug-likeness (QED) is 0.861. The molecule has 0 saturated carbocycles. The average molecular weight is 372 g/mol. The Morgan fingerprint density at radius 1 is 1.07 bits per heavy atom. The van der Waals surface area contributed by atoms with E-state index in [0.29, 0.717) is 26.1 Å². The molecule has 1 unspecified atom stereocenters. The van der Waals surface area contributed by atoms with Gasteiger partial charge < -0.3 is 14.9 Å². The van der Waals surface area contributed by atoms with Crippen LogP contribution >= 0.6 is 0 Å². The van der Waals surface area contributed by atoms with Crippen molar-refractivity contribution in [2.45, 2.75) is 38.5 Å². The zero-order valence-electron chi connectivity index (χ0n) is 15.8. The molecule has 2 amide bonds. The van der Waals surface area contributed by atoms with Gasteiger partial charge in [-0.3, -0.25) is 14.4 Å². The Bertz CT molecular complexity index is 691. The molecule has 2 saturated heterocycles. The fourth-order valence-corrected chi connectivity index (χ4v) is 4.31. The molecule has 0 aromatic heterocycles. The largest absolute Gasteiger partial charge is 0.481 e. The van der Waals surface area contributed by atoms with Gasteiger partial charge in [0.15, 0.2) is 0 Å². The minimum Gasteiger partial charge on any atom is -0.481 e. The van der Waals surface area contributed by atoms with Gasteiger partial charge in [-0.2, -0.15) is 0 Å². The van der Waals surface area contributed by atoms with Crippen LogP contribution in [-0.2, 0) is 14.4 Å². The normalized spacial score (nSPS) is 25.4. The number of carboxylic acid groups (broad SMARTS) is 1. The van der Waals surface area contributed by atoms with Crippen LogP contribution in [0.25, 0.3) is 0 Å².